The van der Waals surface area contributed by atoms with Gasteiger partial charge in [-0.1, -0.05) is 6.92 Å². The molecule has 2 rings (SSSR count). The molecule has 92 valence electrons. The lowest BCUT2D eigenvalue weighted by atomic mass is 10.1. The summed E-state index contributed by atoms with van der Waals surface area (Å²) in [4.78, 5) is 9.66. The van der Waals surface area contributed by atoms with Crippen LogP contribution in [0, 0.1) is 0 Å². The molecule has 0 saturated carbocycles. The molecular weight excluding hydrogens is 234 g/mol. The van der Waals surface area contributed by atoms with E-state index in [9.17, 15) is 0 Å². The first-order valence-corrected chi connectivity index (χ1v) is 6.64. The molecule has 2 heterocycles. The molecule has 0 aliphatic carbocycles. The van der Waals surface area contributed by atoms with Crippen LogP contribution < -0.4 is 5.32 Å². The quantitative estimate of drug-likeness (QED) is 0.846. The topological polar surface area (TPSA) is 55.6 Å². The zero-order valence-corrected chi connectivity index (χ0v) is 10.9. The number of hydrogen-bond donors (Lipinski definition) is 1. The Kier molecular flexibility index (Phi) is 4.22. The molecule has 1 atom stereocenters. The second-order valence-corrected chi connectivity index (χ2v) is 4.83. The van der Waals surface area contributed by atoms with E-state index < -0.39 is 0 Å². The van der Waals surface area contributed by atoms with Crippen LogP contribution in [-0.2, 0) is 13.5 Å². The number of nitrogens with one attached hydrogen (secondary N) is 1. The molecule has 0 aliphatic rings. The average molecular weight is 251 g/mol. The molecule has 0 saturated heterocycles. The third kappa shape index (κ3) is 3.10. The Balaban J connectivity index is 2.08. The lowest BCUT2D eigenvalue weighted by Gasteiger charge is -2.15. The molecule has 2 aromatic heterocycles. The lowest BCUT2D eigenvalue weighted by Crippen LogP contribution is -2.24. The van der Waals surface area contributed by atoms with Crippen molar-refractivity contribution in [1.82, 2.24) is 25.1 Å². The molecule has 0 radical (unpaired) electrons. The van der Waals surface area contributed by atoms with Gasteiger partial charge >= 0.3 is 0 Å². The Hall–Kier alpha value is -1.27. The number of thiazole rings is 1. The van der Waals surface area contributed by atoms with Crippen molar-refractivity contribution in [3.63, 3.8) is 0 Å². The molecule has 0 aliphatic heterocycles. The van der Waals surface area contributed by atoms with Crippen LogP contribution in [0.5, 0.6) is 0 Å². The monoisotopic (exact) mass is 251 g/mol. The van der Waals surface area contributed by atoms with Crippen LogP contribution in [0.1, 0.15) is 30.1 Å². The third-order valence-electron chi connectivity index (χ3n) is 2.63. The third-order valence-corrected chi connectivity index (χ3v) is 3.52. The summed E-state index contributed by atoms with van der Waals surface area (Å²) in [6.07, 6.45) is 5.49. The lowest BCUT2D eigenvalue weighted by molar-refractivity contribution is 0.512. The predicted octanol–water partition coefficient (Wildman–Crippen LogP) is 1.55. The molecule has 0 aromatic carbocycles. The molecular formula is C11H17N5S. The zero-order valence-electron chi connectivity index (χ0n) is 10.1. The van der Waals surface area contributed by atoms with Crippen molar-refractivity contribution < 1.29 is 0 Å². The van der Waals surface area contributed by atoms with Gasteiger partial charge in [0, 0.05) is 24.5 Å². The van der Waals surface area contributed by atoms with Gasteiger partial charge in [0.1, 0.15) is 12.2 Å². The van der Waals surface area contributed by atoms with Crippen molar-refractivity contribution >= 4 is 11.3 Å². The molecule has 0 amide bonds. The van der Waals surface area contributed by atoms with E-state index in [4.69, 9.17) is 0 Å². The van der Waals surface area contributed by atoms with Crippen molar-refractivity contribution in [1.29, 1.82) is 0 Å². The number of aryl methyl sites for hydroxylation is 1. The first kappa shape index (κ1) is 12.2. The number of rotatable bonds is 6. The van der Waals surface area contributed by atoms with Crippen LogP contribution in [0.25, 0.3) is 0 Å². The Morgan fingerprint density at radius 2 is 2.41 bits per heavy atom. The highest BCUT2D eigenvalue weighted by atomic mass is 32.1. The Labute approximate surface area is 105 Å². The van der Waals surface area contributed by atoms with Gasteiger partial charge in [0.25, 0.3) is 0 Å². The molecule has 17 heavy (non-hydrogen) atoms. The van der Waals surface area contributed by atoms with Crippen LogP contribution in [0.15, 0.2) is 18.0 Å². The maximum absolute atomic E-state index is 4.27. The van der Waals surface area contributed by atoms with Crippen molar-refractivity contribution in [3.05, 3.63) is 28.7 Å². The summed E-state index contributed by atoms with van der Waals surface area (Å²) in [6.45, 7) is 3.17. The minimum atomic E-state index is 0.283. The summed E-state index contributed by atoms with van der Waals surface area (Å²) in [7, 11) is 1.92. The zero-order chi connectivity index (χ0) is 12.1. The fourth-order valence-corrected chi connectivity index (χ4v) is 2.37. The van der Waals surface area contributed by atoms with E-state index in [1.54, 1.807) is 17.7 Å². The van der Waals surface area contributed by atoms with E-state index in [-0.39, 0.29) is 6.04 Å². The Bertz CT molecular complexity index is 436. The molecule has 0 bridgehead atoms. The second kappa shape index (κ2) is 5.88. The fraction of sp³-hybridized carbons (Fsp3) is 0.545. The van der Waals surface area contributed by atoms with Crippen molar-refractivity contribution in [2.75, 3.05) is 6.54 Å². The highest BCUT2D eigenvalue weighted by Crippen LogP contribution is 2.20. The highest BCUT2D eigenvalue weighted by molar-refractivity contribution is 7.09. The van der Waals surface area contributed by atoms with E-state index in [0.717, 1.165) is 25.2 Å². The Morgan fingerprint density at radius 1 is 1.53 bits per heavy atom. The number of hydrogen-bond acceptors (Lipinski definition) is 5. The largest absolute Gasteiger partial charge is 0.309 e. The van der Waals surface area contributed by atoms with Crippen LogP contribution in [0.3, 0.4) is 0 Å². The minimum absolute atomic E-state index is 0.283. The standard InChI is InChI=1S/C11H17N5S/c1-3-4-13-9(10-6-12-8-17-10)5-11-14-7-15-16(11)2/h6-9,13H,3-5H2,1-2H3. The summed E-state index contributed by atoms with van der Waals surface area (Å²) < 4.78 is 1.82. The van der Waals surface area contributed by atoms with E-state index in [0.29, 0.717) is 0 Å². The van der Waals surface area contributed by atoms with E-state index in [1.165, 1.54) is 4.88 Å². The van der Waals surface area contributed by atoms with Gasteiger partial charge in [-0.15, -0.1) is 11.3 Å². The van der Waals surface area contributed by atoms with Gasteiger partial charge in [0.15, 0.2) is 0 Å². The van der Waals surface area contributed by atoms with Crippen molar-refractivity contribution in [2.24, 2.45) is 7.05 Å². The Morgan fingerprint density at radius 3 is 3.00 bits per heavy atom. The molecule has 5 nitrogen and oxygen atoms in total. The summed E-state index contributed by atoms with van der Waals surface area (Å²) in [5.41, 5.74) is 1.87. The van der Waals surface area contributed by atoms with Gasteiger partial charge in [0.05, 0.1) is 11.6 Å². The van der Waals surface area contributed by atoms with Gasteiger partial charge < -0.3 is 5.32 Å². The van der Waals surface area contributed by atoms with Crippen LogP contribution in [0.4, 0.5) is 0 Å². The second-order valence-electron chi connectivity index (χ2n) is 3.91. The summed E-state index contributed by atoms with van der Waals surface area (Å²) in [5, 5.41) is 7.62. The molecule has 2 aromatic rings. The van der Waals surface area contributed by atoms with Gasteiger partial charge in [-0.25, -0.2) is 4.98 Å². The maximum atomic E-state index is 4.27. The molecule has 0 fully saturated rings. The van der Waals surface area contributed by atoms with E-state index in [1.807, 2.05) is 23.4 Å². The number of nitrogens with zero attached hydrogens (tertiary/aromatic N) is 4. The summed E-state index contributed by atoms with van der Waals surface area (Å²) in [6, 6.07) is 0.283. The molecule has 6 heteroatoms. The van der Waals surface area contributed by atoms with Crippen LogP contribution >= 0.6 is 11.3 Å². The van der Waals surface area contributed by atoms with Gasteiger partial charge in [-0.2, -0.15) is 5.10 Å². The highest BCUT2D eigenvalue weighted by Gasteiger charge is 2.15. The SMILES string of the molecule is CCCNC(Cc1ncnn1C)c1cncs1. The minimum Gasteiger partial charge on any atom is -0.309 e. The van der Waals surface area contributed by atoms with Gasteiger partial charge in [0.2, 0.25) is 0 Å². The fourth-order valence-electron chi connectivity index (χ4n) is 1.68. The van der Waals surface area contributed by atoms with E-state index >= 15 is 0 Å². The van der Waals surface area contributed by atoms with Crippen molar-refractivity contribution in [3.8, 4) is 0 Å². The molecule has 1 unspecified atom stereocenters. The van der Waals surface area contributed by atoms with Gasteiger partial charge in [-0.3, -0.25) is 9.67 Å². The van der Waals surface area contributed by atoms with Crippen LogP contribution in [-0.4, -0.2) is 26.3 Å². The van der Waals surface area contributed by atoms with Gasteiger partial charge in [-0.05, 0) is 13.0 Å². The first-order valence-electron chi connectivity index (χ1n) is 5.76. The van der Waals surface area contributed by atoms with E-state index in [2.05, 4.69) is 27.3 Å². The normalized spacial score (nSPS) is 12.8. The smallest absolute Gasteiger partial charge is 0.138 e. The summed E-state index contributed by atoms with van der Waals surface area (Å²) in [5.74, 6) is 0.993. The molecule has 1 N–H and O–H groups in total. The average Bonchev–Trinajstić information content (AvgIpc) is 2.96. The maximum Gasteiger partial charge on any atom is 0.138 e. The predicted molar refractivity (Wildman–Crippen MR) is 67.9 cm³/mol. The summed E-state index contributed by atoms with van der Waals surface area (Å²) >= 11 is 1.68. The van der Waals surface area contributed by atoms with Crippen LogP contribution in [0.2, 0.25) is 0 Å². The molecule has 0 spiro atoms. The number of aromatic nitrogens is 4. The van der Waals surface area contributed by atoms with Crippen molar-refractivity contribution in [2.45, 2.75) is 25.8 Å². The first-order chi connectivity index (χ1) is 8.31.